The fourth-order valence-corrected chi connectivity index (χ4v) is 0.655. The molecule has 0 fully saturated rings. The summed E-state index contributed by atoms with van der Waals surface area (Å²) >= 11 is 2.95. The molecule has 3 heteroatoms. The Hall–Kier alpha value is -0.570. The van der Waals surface area contributed by atoms with E-state index in [2.05, 4.69) is 25.9 Å². The summed E-state index contributed by atoms with van der Waals surface area (Å²) in [6.45, 7) is -2.57. The number of pyridine rings is 1. The van der Waals surface area contributed by atoms with Crippen LogP contribution < -0.4 is 5.49 Å². The Kier molecular flexibility index (Phi) is 0.701. The van der Waals surface area contributed by atoms with Gasteiger partial charge in [0.05, 0.1) is 8.72 Å². The third-order valence-corrected chi connectivity index (χ3v) is 1.09. The van der Waals surface area contributed by atoms with Gasteiger partial charge in [-0.25, -0.2) is 0 Å². The predicted molar refractivity (Wildman–Crippen MR) is 40.0 cm³/mol. The number of aromatic nitrogens is 1. The quantitative estimate of drug-likeness (QED) is 0.601. The minimum absolute atomic E-state index is 0.131. The van der Waals surface area contributed by atoms with E-state index in [-0.39, 0.29) is 22.2 Å². The Labute approximate surface area is 70.2 Å². The van der Waals surface area contributed by atoms with Gasteiger partial charge in [-0.05, 0) is 28.0 Å². The van der Waals surface area contributed by atoms with E-state index in [9.17, 15) is 0 Å². The first kappa shape index (κ1) is 2.23. The van der Waals surface area contributed by atoms with Crippen LogP contribution in [-0.4, -0.2) is 12.0 Å². The Bertz CT molecular complexity index is 448. The Morgan fingerprint density at radius 1 is 1.89 bits per heavy atom. The molecule has 48 valence electrons. The van der Waals surface area contributed by atoms with Crippen molar-refractivity contribution >= 4 is 15.9 Å². The van der Waals surface area contributed by atoms with Crippen molar-refractivity contribution in [2.24, 2.45) is 4.99 Å². The van der Waals surface area contributed by atoms with Crippen LogP contribution in [0.4, 0.5) is 0 Å². The van der Waals surface area contributed by atoms with Crippen molar-refractivity contribution in [3.63, 3.8) is 0 Å². The molecule has 0 saturated heterocycles. The van der Waals surface area contributed by atoms with Crippen molar-refractivity contribution in [2.75, 3.05) is 6.98 Å². The molecule has 0 aliphatic heterocycles. The zero-order chi connectivity index (χ0) is 11.8. The molecule has 0 aromatic carbocycles. The van der Waals surface area contributed by atoms with Crippen molar-refractivity contribution < 1.29 is 8.22 Å². The fraction of sp³-hybridized carbons (Fsp3) is 0.167. The molecule has 0 bridgehead atoms. The molecule has 1 rings (SSSR count). The van der Waals surface area contributed by atoms with E-state index >= 15 is 0 Å². The zero-order valence-electron chi connectivity index (χ0n) is 10.3. The van der Waals surface area contributed by atoms with E-state index in [1.54, 1.807) is 0 Å². The normalized spacial score (nSPS) is 23.0. The lowest BCUT2D eigenvalue weighted by molar-refractivity contribution is 1.09. The number of nitrogens with zero attached hydrogens (tertiary/aromatic N) is 1. The summed E-state index contributed by atoms with van der Waals surface area (Å²) in [5, 5.41) is 0. The van der Waals surface area contributed by atoms with Crippen molar-refractivity contribution in [3.8, 4) is 0 Å². The molecule has 0 amide bonds. The maximum absolute atomic E-state index is 7.41. The molecule has 0 saturated carbocycles. The van der Waals surface area contributed by atoms with Gasteiger partial charge in [-0.3, -0.25) is 4.99 Å². The number of hydrogen-bond donors (Lipinski definition) is 1. The van der Waals surface area contributed by atoms with Crippen LogP contribution in [0.1, 0.15) is 8.22 Å². The summed E-state index contributed by atoms with van der Waals surface area (Å²) < 4.78 is 43.0. The van der Waals surface area contributed by atoms with Crippen molar-refractivity contribution in [1.29, 1.82) is 0 Å². The van der Waals surface area contributed by atoms with E-state index in [0.29, 0.717) is 0 Å². The van der Waals surface area contributed by atoms with Crippen LogP contribution in [0.15, 0.2) is 27.7 Å². The first-order chi connectivity index (χ1) is 6.72. The lowest BCUT2D eigenvalue weighted by Crippen LogP contribution is -2.04. The number of H-pyrrole nitrogens is 1. The van der Waals surface area contributed by atoms with Crippen LogP contribution in [-0.2, 0) is 0 Å². The molecule has 1 N–H and O–H groups in total. The van der Waals surface area contributed by atoms with Gasteiger partial charge in [0.25, 0.3) is 0 Å². The van der Waals surface area contributed by atoms with Crippen LogP contribution in [0, 0.1) is 0 Å². The molecule has 0 aliphatic rings. The molecule has 0 unspecified atom stereocenters. The van der Waals surface area contributed by atoms with Crippen LogP contribution in [0.5, 0.6) is 0 Å². The fourth-order valence-electron chi connectivity index (χ4n) is 0.368. The number of hydrogen-bond acceptors (Lipinski definition) is 1. The van der Waals surface area contributed by atoms with Gasteiger partial charge in [-0.15, -0.1) is 0 Å². The number of halogens is 1. The van der Waals surface area contributed by atoms with Crippen LogP contribution in [0.2, 0.25) is 0 Å². The van der Waals surface area contributed by atoms with Gasteiger partial charge in [0.2, 0.25) is 0 Å². The van der Waals surface area contributed by atoms with Gasteiger partial charge in [0.1, 0.15) is 5.49 Å². The summed E-state index contributed by atoms with van der Waals surface area (Å²) in [5.41, 5.74) is -0.233. The SMILES string of the molecule is [2H]c1c(Br)[nH]c(=NC([2H])([2H])[2H])c([2H])c1[2H]. The maximum atomic E-state index is 7.41. The average molecular weight is 193 g/mol. The molecular weight excluding hydrogens is 180 g/mol. The molecule has 1 heterocycles. The van der Waals surface area contributed by atoms with Gasteiger partial charge in [0.15, 0.2) is 0 Å². The molecular formula is C6H7BrN2. The molecule has 1 aromatic rings. The minimum atomic E-state index is -2.57. The van der Waals surface area contributed by atoms with Crippen LogP contribution in [0.25, 0.3) is 0 Å². The number of rotatable bonds is 0. The first-order valence-electron chi connectivity index (χ1n) is 5.14. The smallest absolute Gasteiger partial charge is 0.125 e. The summed E-state index contributed by atoms with van der Waals surface area (Å²) in [6, 6.07) is -0.979. The van der Waals surface area contributed by atoms with Gasteiger partial charge >= 0.3 is 0 Å². The summed E-state index contributed by atoms with van der Waals surface area (Å²) in [5.74, 6) is 0. The third kappa shape index (κ3) is 1.68. The Morgan fingerprint density at radius 2 is 2.78 bits per heavy atom. The van der Waals surface area contributed by atoms with E-state index in [1.807, 2.05) is 0 Å². The molecule has 0 spiro atoms. The largest absolute Gasteiger partial charge is 0.335 e. The molecule has 9 heavy (non-hydrogen) atoms. The van der Waals surface area contributed by atoms with E-state index in [1.165, 1.54) is 0 Å². The molecule has 2 nitrogen and oxygen atoms in total. The topological polar surface area (TPSA) is 28.1 Å². The monoisotopic (exact) mass is 192 g/mol. The highest BCUT2D eigenvalue weighted by atomic mass is 79.9. The highest BCUT2D eigenvalue weighted by Gasteiger charge is 1.80. The molecule has 0 atom stereocenters. The standard InChI is InChI=1S/C6H7BrN2/c1-8-6-4-2-3-5(7)9-6/h2-4H,1H3,(H,8,9)/i1D3,2D,3D,4D. The van der Waals surface area contributed by atoms with Gasteiger partial charge in [-0.1, -0.05) is 6.04 Å². The predicted octanol–water partition coefficient (Wildman–Crippen LogP) is 1.31. The second-order valence-electron chi connectivity index (χ2n) is 1.27. The number of aromatic amines is 1. The van der Waals surface area contributed by atoms with Crippen LogP contribution in [0.3, 0.4) is 0 Å². The van der Waals surface area contributed by atoms with Crippen molar-refractivity contribution in [2.45, 2.75) is 0 Å². The van der Waals surface area contributed by atoms with Crippen molar-refractivity contribution in [3.05, 3.63) is 28.2 Å². The molecule has 1 aromatic heterocycles. The average Bonchev–Trinajstić information content (AvgIpc) is 2.08. The summed E-state index contributed by atoms with van der Waals surface area (Å²) in [7, 11) is 0. The third-order valence-electron chi connectivity index (χ3n) is 0.693. The first-order valence-corrected chi connectivity index (χ1v) is 2.93. The van der Waals surface area contributed by atoms with Crippen LogP contribution >= 0.6 is 15.9 Å². The Balaban J connectivity index is 3.53. The van der Waals surface area contributed by atoms with Crippen molar-refractivity contribution in [1.82, 2.24) is 4.98 Å². The van der Waals surface area contributed by atoms with E-state index in [0.717, 1.165) is 0 Å². The van der Waals surface area contributed by atoms with E-state index < -0.39 is 13.0 Å². The number of nitrogens with one attached hydrogen (secondary N) is 1. The second kappa shape index (κ2) is 2.82. The summed E-state index contributed by atoms with van der Waals surface area (Å²) in [6.07, 6.45) is 0. The van der Waals surface area contributed by atoms with Gasteiger partial charge < -0.3 is 4.98 Å². The van der Waals surface area contributed by atoms with Gasteiger partial charge in [0, 0.05) is 11.1 Å². The maximum Gasteiger partial charge on any atom is 0.125 e. The van der Waals surface area contributed by atoms with E-state index in [4.69, 9.17) is 8.22 Å². The highest BCUT2D eigenvalue weighted by Crippen LogP contribution is 1.98. The lowest BCUT2D eigenvalue weighted by atomic mass is 10.5. The molecule has 0 aliphatic carbocycles. The second-order valence-corrected chi connectivity index (χ2v) is 2.07. The minimum Gasteiger partial charge on any atom is -0.335 e. The molecule has 0 radical (unpaired) electrons. The summed E-state index contributed by atoms with van der Waals surface area (Å²) in [4.78, 5) is 5.71. The highest BCUT2D eigenvalue weighted by molar-refractivity contribution is 9.10. The van der Waals surface area contributed by atoms with Gasteiger partial charge in [-0.2, -0.15) is 0 Å². The lowest BCUT2D eigenvalue weighted by Gasteiger charge is -1.87. The Morgan fingerprint density at radius 3 is 3.56 bits per heavy atom. The zero-order valence-corrected chi connectivity index (χ0v) is 5.91.